The molecule has 27 heavy (non-hydrogen) atoms. The molecule has 0 radical (unpaired) electrons. The molecule has 1 saturated heterocycles. The van der Waals surface area contributed by atoms with Crippen molar-refractivity contribution >= 4 is 11.8 Å². The highest BCUT2D eigenvalue weighted by Crippen LogP contribution is 2.20. The van der Waals surface area contributed by atoms with E-state index in [4.69, 9.17) is 10.5 Å². The van der Waals surface area contributed by atoms with Gasteiger partial charge in [0.15, 0.2) is 0 Å². The van der Waals surface area contributed by atoms with E-state index >= 15 is 0 Å². The molecule has 1 aliphatic heterocycles. The summed E-state index contributed by atoms with van der Waals surface area (Å²) in [7, 11) is 0. The van der Waals surface area contributed by atoms with Crippen LogP contribution in [0.5, 0.6) is 5.75 Å². The Kier molecular flexibility index (Phi) is 5.73. The number of carbonyl (C=O) groups is 2. The Bertz CT molecular complexity index is 813. The first-order valence-electron chi connectivity index (χ1n) is 9.14. The topological polar surface area (TPSA) is 114 Å². The van der Waals surface area contributed by atoms with E-state index in [0.29, 0.717) is 25.1 Å². The number of H-pyrrole nitrogens is 1. The zero-order valence-electron chi connectivity index (χ0n) is 15.7. The molecule has 0 saturated carbocycles. The number of piperidine rings is 1. The molecule has 1 atom stereocenters. The Morgan fingerprint density at radius 2 is 2.22 bits per heavy atom. The lowest BCUT2D eigenvalue weighted by Gasteiger charge is -2.33. The maximum atomic E-state index is 12.6. The van der Waals surface area contributed by atoms with Gasteiger partial charge >= 0.3 is 0 Å². The zero-order chi connectivity index (χ0) is 19.4. The third-order valence-corrected chi connectivity index (χ3v) is 4.89. The molecule has 1 unspecified atom stereocenters. The van der Waals surface area contributed by atoms with Gasteiger partial charge in [0.25, 0.3) is 5.91 Å². The van der Waals surface area contributed by atoms with Crippen LogP contribution in [-0.2, 0) is 11.2 Å². The second-order valence-electron chi connectivity index (χ2n) is 6.88. The maximum absolute atomic E-state index is 12.6. The van der Waals surface area contributed by atoms with Gasteiger partial charge in [0.1, 0.15) is 17.5 Å². The number of nitrogens with two attached hydrogens (primary N) is 1. The van der Waals surface area contributed by atoms with Gasteiger partial charge in [-0.15, -0.1) is 0 Å². The Labute approximate surface area is 158 Å². The number of aromatic nitrogens is 3. The van der Waals surface area contributed by atoms with Crippen molar-refractivity contribution in [1.82, 2.24) is 20.1 Å². The summed E-state index contributed by atoms with van der Waals surface area (Å²) in [6.07, 6.45) is 4.27. The maximum Gasteiger partial charge on any atom is 0.267 e. The molecule has 3 heterocycles. The van der Waals surface area contributed by atoms with Crippen LogP contribution in [0.4, 0.5) is 0 Å². The molecule has 2 aromatic heterocycles. The second-order valence-corrected chi connectivity index (χ2v) is 6.88. The van der Waals surface area contributed by atoms with Crippen molar-refractivity contribution in [2.45, 2.75) is 45.6 Å². The summed E-state index contributed by atoms with van der Waals surface area (Å²) in [5.41, 5.74) is 8.50. The number of pyridine rings is 1. The Hall–Kier alpha value is -2.90. The predicted molar refractivity (Wildman–Crippen MR) is 99.4 cm³/mol. The molecule has 8 nitrogen and oxygen atoms in total. The lowest BCUT2D eigenvalue weighted by atomic mass is 10.0. The molecule has 0 aromatic carbocycles. The molecule has 0 bridgehead atoms. The highest BCUT2D eigenvalue weighted by molar-refractivity contribution is 5.91. The zero-order valence-corrected chi connectivity index (χ0v) is 15.7. The van der Waals surface area contributed by atoms with Gasteiger partial charge < -0.3 is 15.4 Å². The fraction of sp³-hybridized carbons (Fsp3) is 0.474. The summed E-state index contributed by atoms with van der Waals surface area (Å²) in [5.74, 6) is 0.0735. The molecule has 1 fully saturated rings. The van der Waals surface area contributed by atoms with E-state index in [-0.39, 0.29) is 17.7 Å². The molecule has 1 aliphatic rings. The summed E-state index contributed by atoms with van der Waals surface area (Å²) < 4.78 is 5.96. The van der Waals surface area contributed by atoms with Gasteiger partial charge in [0, 0.05) is 30.9 Å². The van der Waals surface area contributed by atoms with E-state index < -0.39 is 5.91 Å². The molecule has 2 amide bonds. The number of nitrogens with zero attached hydrogens (tertiary/aromatic N) is 3. The fourth-order valence-electron chi connectivity index (χ4n) is 3.41. The van der Waals surface area contributed by atoms with Gasteiger partial charge in [-0.05, 0) is 44.7 Å². The van der Waals surface area contributed by atoms with Gasteiger partial charge in [0.05, 0.1) is 12.2 Å². The number of primary amides is 1. The summed E-state index contributed by atoms with van der Waals surface area (Å²) in [4.78, 5) is 29.6. The number of carbonyl (C=O) groups excluding carboxylic acids is 2. The van der Waals surface area contributed by atoms with Crippen LogP contribution in [0.1, 0.15) is 46.7 Å². The van der Waals surface area contributed by atoms with Crippen LogP contribution in [0.25, 0.3) is 0 Å². The molecule has 2 aromatic rings. The van der Waals surface area contributed by atoms with Crippen molar-refractivity contribution in [3.05, 3.63) is 41.0 Å². The van der Waals surface area contributed by atoms with Gasteiger partial charge in [-0.25, -0.2) is 0 Å². The van der Waals surface area contributed by atoms with Gasteiger partial charge in [-0.3, -0.25) is 19.7 Å². The number of hydrogen-bond acceptors (Lipinski definition) is 5. The third-order valence-electron chi connectivity index (χ3n) is 4.89. The monoisotopic (exact) mass is 371 g/mol. The van der Waals surface area contributed by atoms with Crippen LogP contribution in [0.15, 0.2) is 18.3 Å². The molecule has 3 rings (SSSR count). The number of aryl methyl sites for hydroxylation is 2. The second kappa shape index (κ2) is 8.20. The van der Waals surface area contributed by atoms with E-state index in [9.17, 15) is 9.59 Å². The van der Waals surface area contributed by atoms with Crippen LogP contribution in [-0.4, -0.2) is 51.1 Å². The minimum Gasteiger partial charge on any atom is -0.488 e. The number of ether oxygens (including phenoxy) is 1. The molecule has 3 N–H and O–H groups in total. The van der Waals surface area contributed by atoms with Crippen LogP contribution in [0.2, 0.25) is 0 Å². The Balaban J connectivity index is 1.56. The highest BCUT2D eigenvalue weighted by atomic mass is 16.5. The third kappa shape index (κ3) is 4.64. The largest absolute Gasteiger partial charge is 0.488 e. The summed E-state index contributed by atoms with van der Waals surface area (Å²) in [6, 6.07) is 3.23. The normalized spacial score (nSPS) is 17.0. The van der Waals surface area contributed by atoms with Crippen LogP contribution in [0.3, 0.4) is 0 Å². The van der Waals surface area contributed by atoms with Crippen LogP contribution >= 0.6 is 0 Å². The minimum atomic E-state index is -0.592. The first kappa shape index (κ1) is 18.9. The standard InChI is InChI=1S/C19H25N5O3/c1-12-16(13(2)23-22-12)5-6-18(25)24-9-3-4-15(11-24)27-14-7-8-21-17(10-14)19(20)26/h7-8,10,15H,3-6,9,11H2,1-2H3,(H2,20,26)(H,22,23). The average molecular weight is 371 g/mol. The first-order valence-corrected chi connectivity index (χ1v) is 9.14. The van der Waals surface area contributed by atoms with Crippen molar-refractivity contribution in [2.24, 2.45) is 5.73 Å². The van der Waals surface area contributed by atoms with E-state index in [1.54, 1.807) is 6.07 Å². The summed E-state index contributed by atoms with van der Waals surface area (Å²) in [6.45, 7) is 5.20. The van der Waals surface area contributed by atoms with Crippen molar-refractivity contribution in [2.75, 3.05) is 13.1 Å². The van der Waals surface area contributed by atoms with E-state index in [0.717, 1.165) is 36.3 Å². The molecule has 8 heteroatoms. The molecular formula is C19H25N5O3. The molecular weight excluding hydrogens is 346 g/mol. The number of amides is 2. The van der Waals surface area contributed by atoms with Crippen molar-refractivity contribution in [3.63, 3.8) is 0 Å². The van der Waals surface area contributed by atoms with Gasteiger partial charge in [-0.2, -0.15) is 5.10 Å². The van der Waals surface area contributed by atoms with Gasteiger partial charge in [0.2, 0.25) is 5.91 Å². The number of nitrogens with one attached hydrogen (secondary N) is 1. The lowest BCUT2D eigenvalue weighted by Crippen LogP contribution is -2.44. The SMILES string of the molecule is Cc1n[nH]c(C)c1CCC(=O)N1CCCC(Oc2ccnc(C(N)=O)c2)C1. The minimum absolute atomic E-state index is 0.108. The number of rotatable bonds is 6. The Morgan fingerprint density at radius 3 is 2.93 bits per heavy atom. The highest BCUT2D eigenvalue weighted by Gasteiger charge is 2.25. The number of hydrogen-bond donors (Lipinski definition) is 2. The smallest absolute Gasteiger partial charge is 0.267 e. The molecule has 0 aliphatic carbocycles. The molecule has 144 valence electrons. The fourth-order valence-corrected chi connectivity index (χ4v) is 3.41. The first-order chi connectivity index (χ1) is 12.9. The van der Waals surface area contributed by atoms with Crippen molar-refractivity contribution < 1.29 is 14.3 Å². The van der Waals surface area contributed by atoms with Crippen molar-refractivity contribution in [1.29, 1.82) is 0 Å². The van der Waals surface area contributed by atoms with E-state index in [1.165, 1.54) is 12.3 Å². The Morgan fingerprint density at radius 1 is 1.41 bits per heavy atom. The quantitative estimate of drug-likeness (QED) is 0.799. The summed E-state index contributed by atoms with van der Waals surface area (Å²) in [5, 5.41) is 7.13. The molecule has 0 spiro atoms. The van der Waals surface area contributed by atoms with Gasteiger partial charge in [-0.1, -0.05) is 0 Å². The average Bonchev–Trinajstić information content (AvgIpc) is 2.98. The predicted octanol–water partition coefficient (Wildman–Crippen LogP) is 1.52. The number of likely N-dealkylation sites (tertiary alicyclic amines) is 1. The van der Waals surface area contributed by atoms with E-state index in [1.807, 2.05) is 18.7 Å². The van der Waals surface area contributed by atoms with E-state index in [2.05, 4.69) is 15.2 Å². The van der Waals surface area contributed by atoms with Crippen molar-refractivity contribution in [3.8, 4) is 5.75 Å². The van der Waals surface area contributed by atoms with Crippen LogP contribution < -0.4 is 10.5 Å². The summed E-state index contributed by atoms with van der Waals surface area (Å²) >= 11 is 0. The lowest BCUT2D eigenvalue weighted by molar-refractivity contribution is -0.133. The van der Waals surface area contributed by atoms with Crippen LogP contribution in [0, 0.1) is 13.8 Å². The number of aromatic amines is 1.